The van der Waals surface area contributed by atoms with Gasteiger partial charge in [0, 0.05) is 28.4 Å². The predicted molar refractivity (Wildman–Crippen MR) is 209 cm³/mol. The lowest BCUT2D eigenvalue weighted by atomic mass is 9.62. The summed E-state index contributed by atoms with van der Waals surface area (Å²) < 4.78 is 0. The van der Waals surface area contributed by atoms with Crippen LogP contribution in [0.1, 0.15) is 42.5 Å². The minimum atomic E-state index is 0.0223. The molecular formula is C47H42N2. The summed E-state index contributed by atoms with van der Waals surface area (Å²) in [5.41, 5.74) is 16.3. The van der Waals surface area contributed by atoms with Gasteiger partial charge in [-0.15, -0.1) is 0 Å². The summed E-state index contributed by atoms with van der Waals surface area (Å²) in [6.07, 6.45) is 17.4. The molecule has 2 unspecified atom stereocenters. The number of nitrogens with zero attached hydrogens (tertiary/aromatic N) is 2. The maximum Gasteiger partial charge on any atom is 0.0714 e. The Balaban J connectivity index is 0.961. The number of aryl methyl sites for hydroxylation is 2. The SMILES string of the molecule is CC1=CC23C=C(C)CC=C2N(c2ccc(-c4ccc(/C=C/c5ccc(N(c6ccc(C)cc6)c6ccc(C)cc6)cc5)cc4)cc2)C3C=C1. The number of rotatable bonds is 7. The molecule has 0 bridgehead atoms. The van der Waals surface area contributed by atoms with Gasteiger partial charge < -0.3 is 9.80 Å². The Labute approximate surface area is 291 Å². The van der Waals surface area contributed by atoms with Crippen LogP contribution in [0.4, 0.5) is 22.7 Å². The Bertz CT molecular complexity index is 2090. The monoisotopic (exact) mass is 634 g/mol. The van der Waals surface area contributed by atoms with E-state index in [-0.39, 0.29) is 5.41 Å². The van der Waals surface area contributed by atoms with E-state index in [1.54, 1.807) is 0 Å². The molecule has 5 aromatic carbocycles. The van der Waals surface area contributed by atoms with Crippen molar-refractivity contribution in [1.29, 1.82) is 0 Å². The summed E-state index contributed by atoms with van der Waals surface area (Å²) in [5, 5.41) is 0. The smallest absolute Gasteiger partial charge is 0.0714 e. The highest BCUT2D eigenvalue weighted by Gasteiger charge is 2.55. The molecule has 1 spiro atoms. The van der Waals surface area contributed by atoms with Gasteiger partial charge in [-0.25, -0.2) is 0 Å². The van der Waals surface area contributed by atoms with E-state index in [2.05, 4.69) is 201 Å². The molecule has 49 heavy (non-hydrogen) atoms. The number of hydrogen-bond acceptors (Lipinski definition) is 2. The van der Waals surface area contributed by atoms with Gasteiger partial charge in [-0.3, -0.25) is 0 Å². The molecule has 0 N–H and O–H groups in total. The van der Waals surface area contributed by atoms with Crippen LogP contribution in [0.3, 0.4) is 0 Å². The van der Waals surface area contributed by atoms with Crippen LogP contribution in [0.2, 0.25) is 0 Å². The molecule has 1 saturated heterocycles. The van der Waals surface area contributed by atoms with Gasteiger partial charge in [-0.2, -0.15) is 0 Å². The van der Waals surface area contributed by atoms with Crippen molar-refractivity contribution < 1.29 is 0 Å². The third-order valence-electron chi connectivity index (χ3n) is 10.2. The minimum Gasteiger partial charge on any atom is -0.336 e. The van der Waals surface area contributed by atoms with Crippen molar-refractivity contribution in [3.63, 3.8) is 0 Å². The van der Waals surface area contributed by atoms with Crippen molar-refractivity contribution in [3.8, 4) is 11.1 Å². The lowest BCUT2D eigenvalue weighted by Gasteiger charge is -2.60. The Kier molecular flexibility index (Phi) is 7.80. The van der Waals surface area contributed by atoms with Crippen molar-refractivity contribution in [3.05, 3.63) is 191 Å². The lowest BCUT2D eigenvalue weighted by molar-refractivity contribution is 0.366. The molecule has 5 aromatic rings. The van der Waals surface area contributed by atoms with Crippen molar-refractivity contribution in [2.45, 2.75) is 40.2 Å². The normalized spacial score (nSPS) is 19.4. The average molecular weight is 635 g/mol. The molecule has 2 nitrogen and oxygen atoms in total. The van der Waals surface area contributed by atoms with Gasteiger partial charge in [0.05, 0.1) is 11.5 Å². The minimum absolute atomic E-state index is 0.0223. The van der Waals surface area contributed by atoms with Crippen molar-refractivity contribution in [1.82, 2.24) is 0 Å². The van der Waals surface area contributed by atoms with Gasteiger partial charge in [0.25, 0.3) is 0 Å². The second-order valence-corrected chi connectivity index (χ2v) is 13.9. The fraction of sp³-hybridized carbons (Fsp3) is 0.149. The molecule has 3 aliphatic rings. The van der Waals surface area contributed by atoms with Crippen molar-refractivity contribution >= 4 is 34.9 Å². The summed E-state index contributed by atoms with van der Waals surface area (Å²) in [7, 11) is 0. The van der Waals surface area contributed by atoms with Crippen LogP contribution in [0.5, 0.6) is 0 Å². The standard InChI is InChI=1S/C47H42N2/c1-33-5-21-41(22-6-33)48(42-23-7-34(2)8-24-42)43-25-15-38(16-26-43)12-11-37-13-17-39(18-14-37)40-19-27-44(28-20-40)49-45-29-9-35(3)31-47(45)32-36(4)10-30-46(47)49/h5-9,11-32,45H,10H2,1-4H3/b12-11+. The highest BCUT2D eigenvalue weighted by atomic mass is 15.3. The first-order valence-electron chi connectivity index (χ1n) is 17.3. The molecule has 0 radical (unpaired) electrons. The summed E-state index contributed by atoms with van der Waals surface area (Å²) in [6, 6.07) is 44.5. The molecule has 0 aromatic heterocycles. The van der Waals surface area contributed by atoms with E-state index >= 15 is 0 Å². The molecule has 0 amide bonds. The molecule has 1 aliphatic heterocycles. The molecule has 2 heteroatoms. The Morgan fingerprint density at radius 2 is 1.08 bits per heavy atom. The molecule has 2 aliphatic carbocycles. The van der Waals surface area contributed by atoms with E-state index in [9.17, 15) is 0 Å². The lowest BCUT2D eigenvalue weighted by Crippen LogP contribution is -2.61. The third-order valence-corrected chi connectivity index (χ3v) is 10.2. The van der Waals surface area contributed by atoms with Gasteiger partial charge in [-0.05, 0) is 105 Å². The topological polar surface area (TPSA) is 6.48 Å². The number of allylic oxidation sites excluding steroid dienone is 4. The van der Waals surface area contributed by atoms with Crippen LogP contribution in [-0.2, 0) is 0 Å². The zero-order valence-electron chi connectivity index (χ0n) is 28.8. The zero-order valence-corrected chi connectivity index (χ0v) is 28.8. The molecule has 1 heterocycles. The highest BCUT2D eigenvalue weighted by Crippen LogP contribution is 2.57. The van der Waals surface area contributed by atoms with Crippen molar-refractivity contribution in [2.24, 2.45) is 5.41 Å². The zero-order chi connectivity index (χ0) is 33.5. The second kappa shape index (κ2) is 12.5. The molecule has 2 atom stereocenters. The summed E-state index contributed by atoms with van der Waals surface area (Å²) in [6.45, 7) is 8.72. The Morgan fingerprint density at radius 3 is 1.63 bits per heavy atom. The first kappa shape index (κ1) is 30.7. The maximum absolute atomic E-state index is 2.51. The van der Waals surface area contributed by atoms with Crippen molar-refractivity contribution in [2.75, 3.05) is 9.80 Å². The molecule has 240 valence electrons. The average Bonchev–Trinajstić information content (AvgIpc) is 3.11. The van der Waals surface area contributed by atoms with E-state index in [0.29, 0.717) is 6.04 Å². The first-order valence-corrected chi connectivity index (χ1v) is 17.3. The van der Waals surface area contributed by atoms with Gasteiger partial charge in [-0.1, -0.05) is 138 Å². The first-order chi connectivity index (χ1) is 23.9. The molecule has 0 saturated carbocycles. The van der Waals surface area contributed by atoms with Crippen LogP contribution < -0.4 is 9.80 Å². The molecule has 1 fully saturated rings. The number of hydrogen-bond donors (Lipinski definition) is 0. The Hall–Kier alpha value is -5.60. The van der Waals surface area contributed by atoms with Gasteiger partial charge in [0.15, 0.2) is 0 Å². The fourth-order valence-electron chi connectivity index (χ4n) is 7.59. The van der Waals surface area contributed by atoms with Gasteiger partial charge in [0.1, 0.15) is 0 Å². The van der Waals surface area contributed by atoms with E-state index in [0.717, 1.165) is 23.5 Å². The van der Waals surface area contributed by atoms with E-state index in [4.69, 9.17) is 0 Å². The molecule has 8 rings (SSSR count). The predicted octanol–water partition coefficient (Wildman–Crippen LogP) is 12.5. The largest absolute Gasteiger partial charge is 0.336 e. The van der Waals surface area contributed by atoms with Crippen LogP contribution >= 0.6 is 0 Å². The quantitative estimate of drug-likeness (QED) is 0.130. The summed E-state index contributed by atoms with van der Waals surface area (Å²) >= 11 is 0. The third kappa shape index (κ3) is 5.78. The van der Waals surface area contributed by atoms with E-state index < -0.39 is 0 Å². The van der Waals surface area contributed by atoms with E-state index in [1.165, 1.54) is 55.9 Å². The van der Waals surface area contributed by atoms with Crippen LogP contribution in [0.15, 0.2) is 169 Å². The maximum atomic E-state index is 2.51. The van der Waals surface area contributed by atoms with Crippen LogP contribution in [0.25, 0.3) is 23.3 Å². The van der Waals surface area contributed by atoms with Crippen LogP contribution in [-0.4, -0.2) is 6.04 Å². The van der Waals surface area contributed by atoms with Gasteiger partial charge in [0.2, 0.25) is 0 Å². The second-order valence-electron chi connectivity index (χ2n) is 13.9. The summed E-state index contributed by atoms with van der Waals surface area (Å²) in [5.74, 6) is 0. The highest BCUT2D eigenvalue weighted by molar-refractivity contribution is 5.79. The van der Waals surface area contributed by atoms with E-state index in [1.807, 2.05) is 0 Å². The number of anilines is 4. The summed E-state index contributed by atoms with van der Waals surface area (Å²) in [4.78, 5) is 4.82. The van der Waals surface area contributed by atoms with Crippen LogP contribution in [0, 0.1) is 19.3 Å². The Morgan fingerprint density at radius 1 is 0.592 bits per heavy atom. The number of benzene rings is 5. The fourth-order valence-corrected chi connectivity index (χ4v) is 7.59. The molecular weight excluding hydrogens is 593 g/mol. The van der Waals surface area contributed by atoms with Gasteiger partial charge >= 0.3 is 0 Å².